The molecule has 150 valence electrons. The van der Waals surface area contributed by atoms with Crippen LogP contribution in [0.1, 0.15) is 34.5 Å². The average molecular weight is 411 g/mol. The number of aryl methyl sites for hydroxylation is 1. The Bertz CT molecular complexity index is 1100. The zero-order valence-electron chi connectivity index (χ0n) is 15.8. The first kappa shape index (κ1) is 19.3. The first-order valence-corrected chi connectivity index (χ1v) is 10.7. The third-order valence-corrected chi connectivity index (χ3v) is 6.78. The molecule has 1 saturated heterocycles. The lowest BCUT2D eigenvalue weighted by atomic mass is 10.1. The molecule has 29 heavy (non-hydrogen) atoms. The van der Waals surface area contributed by atoms with E-state index in [0.29, 0.717) is 23.6 Å². The van der Waals surface area contributed by atoms with E-state index in [-0.39, 0.29) is 23.4 Å². The number of benzene rings is 2. The van der Waals surface area contributed by atoms with Crippen LogP contribution in [0.2, 0.25) is 0 Å². The maximum Gasteiger partial charge on any atom is 0.251 e. The van der Waals surface area contributed by atoms with Gasteiger partial charge in [-0.15, -0.1) is 0 Å². The summed E-state index contributed by atoms with van der Waals surface area (Å²) in [7, 11) is -3.77. The van der Waals surface area contributed by atoms with Crippen LogP contribution in [-0.4, -0.2) is 46.4 Å². The van der Waals surface area contributed by atoms with E-state index in [4.69, 9.17) is 0 Å². The van der Waals surface area contributed by atoms with Gasteiger partial charge in [-0.1, -0.05) is 36.4 Å². The van der Waals surface area contributed by atoms with Crippen LogP contribution < -0.4 is 5.32 Å². The number of H-pyrrole nitrogens is 1. The van der Waals surface area contributed by atoms with Gasteiger partial charge in [-0.2, -0.15) is 9.40 Å². The van der Waals surface area contributed by atoms with Crippen molar-refractivity contribution in [2.45, 2.75) is 30.3 Å². The summed E-state index contributed by atoms with van der Waals surface area (Å²) in [6.07, 6.45) is 0.391. The molecule has 1 aromatic heterocycles. The van der Waals surface area contributed by atoms with Gasteiger partial charge in [0.15, 0.2) is 5.82 Å². The molecule has 0 radical (unpaired) electrons. The van der Waals surface area contributed by atoms with Crippen molar-refractivity contribution in [2.24, 2.45) is 0 Å². The molecular weight excluding hydrogens is 390 g/mol. The Morgan fingerprint density at radius 3 is 2.38 bits per heavy atom. The summed E-state index contributed by atoms with van der Waals surface area (Å²) in [5, 5.41) is 9.89. The van der Waals surface area contributed by atoms with Gasteiger partial charge in [0.25, 0.3) is 5.91 Å². The highest BCUT2D eigenvalue weighted by Gasteiger charge is 2.43. The number of hydrogen-bond donors (Lipinski definition) is 2. The van der Waals surface area contributed by atoms with Gasteiger partial charge in [0.2, 0.25) is 10.0 Å². The van der Waals surface area contributed by atoms with Crippen LogP contribution in [0, 0.1) is 6.92 Å². The fraction of sp³-hybridized carbons (Fsp3) is 0.250. The minimum absolute atomic E-state index is 0.147. The lowest BCUT2D eigenvalue weighted by Gasteiger charge is -2.21. The summed E-state index contributed by atoms with van der Waals surface area (Å²) < 4.78 is 27.9. The highest BCUT2D eigenvalue weighted by atomic mass is 32.2. The fourth-order valence-electron chi connectivity index (χ4n) is 3.51. The van der Waals surface area contributed by atoms with E-state index in [2.05, 4.69) is 20.5 Å². The van der Waals surface area contributed by atoms with Crippen LogP contribution in [0.5, 0.6) is 0 Å². The Kier molecular flexibility index (Phi) is 5.16. The number of amides is 1. The van der Waals surface area contributed by atoms with Gasteiger partial charge in [-0.3, -0.25) is 9.89 Å². The number of aromatic nitrogens is 3. The summed E-state index contributed by atoms with van der Waals surface area (Å²) >= 11 is 0. The van der Waals surface area contributed by atoms with E-state index in [1.54, 1.807) is 61.5 Å². The summed E-state index contributed by atoms with van der Waals surface area (Å²) in [4.78, 5) is 17.1. The van der Waals surface area contributed by atoms with Gasteiger partial charge in [-0.05, 0) is 37.6 Å². The highest BCUT2D eigenvalue weighted by Crippen LogP contribution is 2.35. The summed E-state index contributed by atoms with van der Waals surface area (Å²) in [5.41, 5.74) is 0.530. The normalized spacial score (nSPS) is 19.9. The number of hydrogen-bond acceptors (Lipinski definition) is 5. The molecule has 1 aliphatic rings. The van der Waals surface area contributed by atoms with Crippen molar-refractivity contribution >= 4 is 15.9 Å². The minimum atomic E-state index is -3.77. The van der Waals surface area contributed by atoms with Gasteiger partial charge in [0.05, 0.1) is 10.9 Å². The van der Waals surface area contributed by atoms with Crippen molar-refractivity contribution in [3.63, 3.8) is 0 Å². The molecule has 8 nitrogen and oxygen atoms in total. The molecule has 2 heterocycles. The Morgan fingerprint density at radius 1 is 1.10 bits per heavy atom. The summed E-state index contributed by atoms with van der Waals surface area (Å²) in [6.45, 7) is 1.91. The first-order valence-electron chi connectivity index (χ1n) is 9.27. The summed E-state index contributed by atoms with van der Waals surface area (Å²) in [6, 6.07) is 16.2. The van der Waals surface area contributed by atoms with E-state index in [9.17, 15) is 13.2 Å². The molecule has 1 amide bonds. The molecule has 0 aliphatic carbocycles. The van der Waals surface area contributed by atoms with Crippen molar-refractivity contribution in [3.05, 3.63) is 77.9 Å². The second-order valence-corrected chi connectivity index (χ2v) is 8.85. The molecule has 4 rings (SSSR count). The number of rotatable bonds is 5. The molecule has 0 spiro atoms. The Morgan fingerprint density at radius 2 is 1.76 bits per heavy atom. The van der Waals surface area contributed by atoms with E-state index in [1.165, 1.54) is 4.31 Å². The quantitative estimate of drug-likeness (QED) is 0.668. The van der Waals surface area contributed by atoms with Gasteiger partial charge in [0, 0.05) is 18.2 Å². The molecule has 2 N–H and O–H groups in total. The highest BCUT2D eigenvalue weighted by molar-refractivity contribution is 7.89. The van der Waals surface area contributed by atoms with Crippen LogP contribution in [0.15, 0.2) is 65.6 Å². The third kappa shape index (κ3) is 3.92. The van der Waals surface area contributed by atoms with E-state index in [0.717, 1.165) is 0 Å². The molecule has 0 bridgehead atoms. The Labute approximate surface area is 169 Å². The van der Waals surface area contributed by atoms with Crippen LogP contribution >= 0.6 is 0 Å². The predicted octanol–water partition coefficient (Wildman–Crippen LogP) is 2.05. The molecule has 3 aromatic rings. The largest absolute Gasteiger partial charge is 0.348 e. The number of sulfonamides is 1. The van der Waals surface area contributed by atoms with E-state index < -0.39 is 16.1 Å². The van der Waals surface area contributed by atoms with Crippen molar-refractivity contribution in [1.82, 2.24) is 24.8 Å². The molecule has 2 atom stereocenters. The molecule has 1 fully saturated rings. The van der Waals surface area contributed by atoms with Gasteiger partial charge >= 0.3 is 0 Å². The zero-order chi connectivity index (χ0) is 20.4. The van der Waals surface area contributed by atoms with Crippen LogP contribution in [0.3, 0.4) is 0 Å². The monoisotopic (exact) mass is 411 g/mol. The third-order valence-electron chi connectivity index (χ3n) is 4.89. The summed E-state index contributed by atoms with van der Waals surface area (Å²) in [5.74, 6) is 0.770. The lowest BCUT2D eigenvalue weighted by molar-refractivity contribution is 0.0939. The van der Waals surface area contributed by atoms with Crippen molar-refractivity contribution in [1.29, 1.82) is 0 Å². The first-order chi connectivity index (χ1) is 13.9. The number of carbonyl (C=O) groups is 1. The number of nitrogens with zero attached hydrogens (tertiary/aromatic N) is 3. The standard InChI is InChI=1S/C20H21N5O3S/c1-14-21-19(24-23-14)18-12-16(22-20(26)15-8-4-2-5-9-15)13-25(18)29(27,28)17-10-6-3-7-11-17/h2-11,16,18H,12-13H2,1H3,(H,22,26)(H,21,23,24). The minimum Gasteiger partial charge on any atom is -0.348 e. The number of carbonyl (C=O) groups excluding carboxylic acids is 1. The molecule has 2 unspecified atom stereocenters. The maximum absolute atomic E-state index is 13.3. The lowest BCUT2D eigenvalue weighted by Crippen LogP contribution is -2.38. The van der Waals surface area contributed by atoms with Crippen molar-refractivity contribution in [3.8, 4) is 0 Å². The smallest absolute Gasteiger partial charge is 0.251 e. The topological polar surface area (TPSA) is 108 Å². The second kappa shape index (κ2) is 7.76. The second-order valence-electron chi connectivity index (χ2n) is 6.95. The molecule has 1 aliphatic heterocycles. The molecule has 9 heteroatoms. The average Bonchev–Trinajstić information content (AvgIpc) is 3.36. The SMILES string of the molecule is Cc1nc(C2CC(NC(=O)c3ccccc3)CN2S(=O)(=O)c2ccccc2)n[nH]1. The molecule has 2 aromatic carbocycles. The van der Waals surface area contributed by atoms with E-state index >= 15 is 0 Å². The Hall–Kier alpha value is -3.04. The van der Waals surface area contributed by atoms with Crippen LogP contribution in [0.4, 0.5) is 0 Å². The zero-order valence-corrected chi connectivity index (χ0v) is 16.6. The maximum atomic E-state index is 13.3. The van der Waals surface area contributed by atoms with Gasteiger partial charge in [0.1, 0.15) is 5.82 Å². The van der Waals surface area contributed by atoms with Crippen molar-refractivity contribution < 1.29 is 13.2 Å². The Balaban J connectivity index is 1.62. The molecular formula is C20H21N5O3S. The van der Waals surface area contributed by atoms with Crippen LogP contribution in [0.25, 0.3) is 0 Å². The number of nitrogens with one attached hydrogen (secondary N) is 2. The van der Waals surface area contributed by atoms with Gasteiger partial charge < -0.3 is 5.32 Å². The number of aromatic amines is 1. The van der Waals surface area contributed by atoms with Gasteiger partial charge in [-0.25, -0.2) is 13.4 Å². The molecule has 0 saturated carbocycles. The predicted molar refractivity (Wildman–Crippen MR) is 107 cm³/mol. The fourth-order valence-corrected chi connectivity index (χ4v) is 5.17. The van der Waals surface area contributed by atoms with Crippen LogP contribution in [-0.2, 0) is 10.0 Å². The van der Waals surface area contributed by atoms with E-state index in [1.807, 2.05) is 6.07 Å². The van der Waals surface area contributed by atoms with Crippen molar-refractivity contribution in [2.75, 3.05) is 6.54 Å².